The van der Waals surface area contributed by atoms with E-state index >= 15 is 0 Å². The molecule has 1 heterocycles. The molecule has 0 aliphatic carbocycles. The molecule has 0 radical (unpaired) electrons. The summed E-state index contributed by atoms with van der Waals surface area (Å²) in [6, 6.07) is 3.89. The number of carbonyl (C=O) groups is 4. The van der Waals surface area contributed by atoms with E-state index in [0.29, 0.717) is 12.8 Å². The van der Waals surface area contributed by atoms with E-state index in [9.17, 15) is 24.3 Å². The molecule has 0 aliphatic rings. The molecule has 0 fully saturated rings. The van der Waals surface area contributed by atoms with Crippen molar-refractivity contribution >= 4 is 34.6 Å². The maximum atomic E-state index is 13.3. The second kappa shape index (κ2) is 13.9. The smallest absolute Gasteiger partial charge is 0.326 e. The molecule has 3 amide bonds. The Morgan fingerprint density at radius 2 is 1.55 bits per heavy atom. The Balaban J connectivity index is 2.12. The highest BCUT2D eigenvalue weighted by atomic mass is 16.4. The van der Waals surface area contributed by atoms with Gasteiger partial charge in [-0.15, -0.1) is 0 Å². The number of benzene rings is 1. The van der Waals surface area contributed by atoms with Crippen molar-refractivity contribution in [2.45, 2.75) is 85.0 Å². The zero-order valence-corrected chi connectivity index (χ0v) is 23.2. The lowest BCUT2D eigenvalue weighted by atomic mass is 9.96. The van der Waals surface area contributed by atoms with Crippen LogP contribution in [0.25, 0.3) is 10.9 Å². The molecule has 0 aliphatic heterocycles. The molecule has 10 nitrogen and oxygen atoms in total. The summed E-state index contributed by atoms with van der Waals surface area (Å²) in [5.41, 5.74) is 8.07. The van der Waals surface area contributed by atoms with Crippen LogP contribution in [0.5, 0.6) is 0 Å². The van der Waals surface area contributed by atoms with Crippen molar-refractivity contribution in [1.29, 1.82) is 0 Å². The third-order valence-corrected chi connectivity index (χ3v) is 6.82. The molecule has 1 aromatic heterocycles. The zero-order valence-electron chi connectivity index (χ0n) is 23.2. The van der Waals surface area contributed by atoms with E-state index in [4.69, 9.17) is 5.73 Å². The van der Waals surface area contributed by atoms with E-state index in [1.807, 2.05) is 51.2 Å². The van der Waals surface area contributed by atoms with Gasteiger partial charge in [0.05, 0.1) is 6.04 Å². The van der Waals surface area contributed by atoms with Crippen LogP contribution in [0.2, 0.25) is 0 Å². The van der Waals surface area contributed by atoms with Gasteiger partial charge in [0.25, 0.3) is 0 Å². The van der Waals surface area contributed by atoms with Crippen LogP contribution in [0.4, 0.5) is 0 Å². The monoisotopic (exact) mass is 529 g/mol. The minimum atomic E-state index is -1.13. The first-order valence-corrected chi connectivity index (χ1v) is 13.3. The summed E-state index contributed by atoms with van der Waals surface area (Å²) in [6.07, 6.45) is 3.02. The summed E-state index contributed by atoms with van der Waals surface area (Å²) in [4.78, 5) is 54.2. The van der Waals surface area contributed by atoms with Crippen LogP contribution in [0, 0.1) is 17.8 Å². The van der Waals surface area contributed by atoms with Gasteiger partial charge in [0.2, 0.25) is 17.7 Å². The number of para-hydroxylation sites is 1. The summed E-state index contributed by atoms with van der Waals surface area (Å²) >= 11 is 0. The lowest BCUT2D eigenvalue weighted by Gasteiger charge is -2.28. The van der Waals surface area contributed by atoms with Gasteiger partial charge in [-0.05, 0) is 42.2 Å². The van der Waals surface area contributed by atoms with E-state index in [2.05, 4.69) is 20.9 Å². The molecule has 1 aromatic carbocycles. The normalized spacial score (nSPS) is 15.5. The number of carboxylic acid groups (broad SMARTS) is 1. The third-order valence-electron chi connectivity index (χ3n) is 6.82. The minimum Gasteiger partial charge on any atom is -0.480 e. The number of nitrogens with two attached hydrogens (primary N) is 1. The van der Waals surface area contributed by atoms with Crippen molar-refractivity contribution in [3.8, 4) is 0 Å². The number of amides is 3. The molecule has 0 saturated heterocycles. The quantitative estimate of drug-likeness (QED) is 0.220. The molecule has 5 atom stereocenters. The van der Waals surface area contributed by atoms with E-state index < -0.39 is 47.9 Å². The Labute approximate surface area is 224 Å². The van der Waals surface area contributed by atoms with Crippen LogP contribution in [0.3, 0.4) is 0 Å². The molecule has 0 spiro atoms. The van der Waals surface area contributed by atoms with Crippen molar-refractivity contribution in [2.24, 2.45) is 23.5 Å². The number of nitrogens with one attached hydrogen (secondary N) is 4. The van der Waals surface area contributed by atoms with Crippen molar-refractivity contribution in [1.82, 2.24) is 20.9 Å². The van der Waals surface area contributed by atoms with Crippen LogP contribution >= 0.6 is 0 Å². The van der Waals surface area contributed by atoms with E-state index in [1.54, 1.807) is 20.8 Å². The minimum absolute atomic E-state index is 0.0732. The van der Waals surface area contributed by atoms with Crippen LogP contribution in [0.15, 0.2) is 30.5 Å². The molecular weight excluding hydrogens is 486 g/mol. The van der Waals surface area contributed by atoms with Crippen LogP contribution in [0.1, 0.15) is 59.9 Å². The molecule has 7 N–H and O–H groups in total. The Morgan fingerprint density at radius 3 is 2.13 bits per heavy atom. The fourth-order valence-corrected chi connectivity index (χ4v) is 4.33. The van der Waals surface area contributed by atoms with Gasteiger partial charge in [0.15, 0.2) is 0 Å². The SMILES string of the molecule is CCC(C)C(NC(=O)C(NC(=O)C(CC(C)C)NC(=O)C(N)Cc1c[nH]c2ccccc12)C(C)C)C(=O)O. The summed E-state index contributed by atoms with van der Waals surface area (Å²) in [7, 11) is 0. The number of hydrogen-bond acceptors (Lipinski definition) is 5. The maximum absolute atomic E-state index is 13.3. The van der Waals surface area contributed by atoms with Gasteiger partial charge in [-0.25, -0.2) is 4.79 Å². The van der Waals surface area contributed by atoms with Gasteiger partial charge in [-0.1, -0.05) is 66.2 Å². The van der Waals surface area contributed by atoms with Crippen molar-refractivity contribution in [3.63, 3.8) is 0 Å². The third kappa shape index (κ3) is 8.31. The molecule has 0 saturated carbocycles. The number of carbonyl (C=O) groups excluding carboxylic acids is 3. The first kappa shape index (κ1) is 30.8. The Bertz CT molecular complexity index is 1110. The Morgan fingerprint density at radius 1 is 0.921 bits per heavy atom. The van der Waals surface area contributed by atoms with Gasteiger partial charge in [0.1, 0.15) is 18.1 Å². The van der Waals surface area contributed by atoms with Gasteiger partial charge >= 0.3 is 5.97 Å². The molecule has 5 unspecified atom stereocenters. The fraction of sp³-hybridized carbons (Fsp3) is 0.571. The summed E-state index contributed by atoms with van der Waals surface area (Å²) in [5.74, 6) is -3.22. The Hall–Kier alpha value is -3.40. The number of aliphatic carboxylic acids is 1. The largest absolute Gasteiger partial charge is 0.480 e. The second-order valence-corrected chi connectivity index (χ2v) is 10.8. The number of rotatable bonds is 14. The molecule has 2 aromatic rings. The predicted molar refractivity (Wildman–Crippen MR) is 147 cm³/mol. The lowest BCUT2D eigenvalue weighted by Crippen LogP contribution is -2.59. The predicted octanol–water partition coefficient (Wildman–Crippen LogP) is 2.32. The maximum Gasteiger partial charge on any atom is 0.326 e. The van der Waals surface area contributed by atoms with Crippen LogP contribution < -0.4 is 21.7 Å². The van der Waals surface area contributed by atoms with E-state index in [1.165, 1.54) is 0 Å². The summed E-state index contributed by atoms with van der Waals surface area (Å²) in [6.45, 7) is 11.0. The van der Waals surface area contributed by atoms with Crippen molar-refractivity contribution < 1.29 is 24.3 Å². The number of fused-ring (bicyclic) bond motifs is 1. The lowest BCUT2D eigenvalue weighted by molar-refractivity contribution is -0.144. The first-order chi connectivity index (χ1) is 17.8. The molecule has 2 rings (SSSR count). The molecular formula is C28H43N5O5. The highest BCUT2D eigenvalue weighted by Gasteiger charge is 2.33. The number of aromatic nitrogens is 1. The number of hydrogen-bond donors (Lipinski definition) is 6. The topological polar surface area (TPSA) is 166 Å². The average molecular weight is 530 g/mol. The highest BCUT2D eigenvalue weighted by molar-refractivity contribution is 5.94. The van der Waals surface area contributed by atoms with Crippen molar-refractivity contribution in [3.05, 3.63) is 36.0 Å². The molecule has 210 valence electrons. The number of H-pyrrole nitrogens is 1. The second-order valence-electron chi connectivity index (χ2n) is 10.8. The van der Waals surface area contributed by atoms with E-state index in [0.717, 1.165) is 16.5 Å². The van der Waals surface area contributed by atoms with Crippen molar-refractivity contribution in [2.75, 3.05) is 0 Å². The Kier molecular flexibility index (Phi) is 11.3. The van der Waals surface area contributed by atoms with Gasteiger partial charge in [0, 0.05) is 17.1 Å². The molecule has 10 heteroatoms. The zero-order chi connectivity index (χ0) is 28.6. The van der Waals surface area contributed by atoms with Gasteiger partial charge in [-0.3, -0.25) is 14.4 Å². The molecule has 0 bridgehead atoms. The molecule has 38 heavy (non-hydrogen) atoms. The fourth-order valence-electron chi connectivity index (χ4n) is 4.33. The average Bonchev–Trinajstić information content (AvgIpc) is 3.26. The summed E-state index contributed by atoms with van der Waals surface area (Å²) in [5, 5.41) is 18.6. The highest BCUT2D eigenvalue weighted by Crippen LogP contribution is 2.19. The van der Waals surface area contributed by atoms with Gasteiger partial charge in [-0.2, -0.15) is 0 Å². The first-order valence-electron chi connectivity index (χ1n) is 13.3. The number of carboxylic acids is 1. The van der Waals surface area contributed by atoms with Crippen LogP contribution in [-0.4, -0.2) is 57.9 Å². The number of aromatic amines is 1. The van der Waals surface area contributed by atoms with Crippen LogP contribution in [-0.2, 0) is 25.6 Å². The van der Waals surface area contributed by atoms with E-state index in [-0.39, 0.29) is 24.2 Å². The van der Waals surface area contributed by atoms with Gasteiger partial charge < -0.3 is 31.8 Å². The summed E-state index contributed by atoms with van der Waals surface area (Å²) < 4.78 is 0. The standard InChI is InChI=1S/C28H43N5O5/c1-7-17(6)24(28(37)38)33-27(36)23(16(4)5)32-26(35)22(12-15(2)3)31-25(34)20(29)13-18-14-30-21-11-9-8-10-19(18)21/h8-11,14-17,20,22-24,30H,7,12-13,29H2,1-6H3,(H,31,34)(H,32,35)(H,33,36)(H,37,38).